The van der Waals surface area contributed by atoms with Gasteiger partial charge in [0.15, 0.2) is 11.5 Å². The number of ether oxygens (including phenoxy) is 1. The minimum atomic E-state index is 0.298. The van der Waals surface area contributed by atoms with Crippen LogP contribution < -0.4 is 4.74 Å². The number of benzene rings is 4. The van der Waals surface area contributed by atoms with Crippen LogP contribution >= 0.6 is 0 Å². The van der Waals surface area contributed by atoms with Crippen LogP contribution in [-0.4, -0.2) is 5.11 Å². The molecule has 1 heterocycles. The molecule has 1 aliphatic heterocycles. The highest BCUT2D eigenvalue weighted by atomic mass is 16.6. The smallest absolute Gasteiger partial charge is 0.212 e. The van der Waals surface area contributed by atoms with Crippen LogP contribution in [0.5, 0.6) is 17.2 Å². The predicted octanol–water partition coefficient (Wildman–Crippen LogP) is 6.27. The van der Waals surface area contributed by atoms with Crippen molar-refractivity contribution < 1.29 is 9.84 Å². The van der Waals surface area contributed by atoms with Gasteiger partial charge in [0.2, 0.25) is 5.75 Å². The average Bonchev–Trinajstić information content (AvgIpc) is 3.57. The Kier molecular flexibility index (Phi) is 4.53. The summed E-state index contributed by atoms with van der Waals surface area (Å²) < 4.78 is 5.78. The first-order chi connectivity index (χ1) is 14.3. The number of phenols is 1. The fourth-order valence-electron chi connectivity index (χ4n) is 4.02. The molecule has 5 rings (SSSR count). The van der Waals surface area contributed by atoms with E-state index >= 15 is 0 Å². The van der Waals surface area contributed by atoms with Gasteiger partial charge in [-0.15, -0.1) is 0 Å². The maximum Gasteiger partial charge on any atom is 0.212 e. The predicted molar refractivity (Wildman–Crippen MR) is 116 cm³/mol. The topological polar surface area (TPSA) is 32.8 Å². The average molecular weight is 378 g/mol. The Balaban J connectivity index is 1.63. The van der Waals surface area contributed by atoms with Crippen LogP contribution in [0, 0.1) is 0 Å². The Labute approximate surface area is 171 Å². The fraction of sp³-hybridized carbons (Fsp3) is 0.111. The van der Waals surface area contributed by atoms with Crippen LogP contribution in [0.15, 0.2) is 91.0 Å². The molecule has 0 radical (unpaired) electrons. The Morgan fingerprint density at radius 3 is 1.38 bits per heavy atom. The lowest BCUT2D eigenvalue weighted by molar-refractivity contribution is 0.458. The number of phenolic OH excluding ortho intramolecular Hbond substituents is 1. The summed E-state index contributed by atoms with van der Waals surface area (Å²) in [5.41, 5.74) is 7.01. The molecular formula is C27H22O2. The van der Waals surface area contributed by atoms with Crippen molar-refractivity contribution in [2.75, 3.05) is 0 Å². The van der Waals surface area contributed by atoms with E-state index in [4.69, 9.17) is 4.74 Å². The van der Waals surface area contributed by atoms with E-state index in [0.717, 1.165) is 24.2 Å². The van der Waals surface area contributed by atoms with E-state index in [9.17, 15) is 5.11 Å². The monoisotopic (exact) mass is 378 g/mol. The van der Waals surface area contributed by atoms with E-state index < -0.39 is 0 Å². The molecule has 0 spiro atoms. The van der Waals surface area contributed by atoms with Gasteiger partial charge in [-0.3, -0.25) is 0 Å². The van der Waals surface area contributed by atoms with Crippen molar-refractivity contribution in [3.8, 4) is 17.2 Å². The SMILES string of the molecule is Oc1c(Cc2ccccc2)c(Cc2ccccc2)c(Cc2ccccc2)c2c1O2. The third-order valence-electron chi connectivity index (χ3n) is 5.54. The van der Waals surface area contributed by atoms with Gasteiger partial charge in [-0.2, -0.15) is 0 Å². The largest absolute Gasteiger partial charge is 0.504 e. The van der Waals surface area contributed by atoms with Gasteiger partial charge in [0, 0.05) is 24.0 Å². The molecule has 0 amide bonds. The lowest BCUT2D eigenvalue weighted by atomic mass is 9.88. The molecule has 0 aliphatic carbocycles. The molecule has 4 aromatic rings. The number of hydrogen-bond acceptors (Lipinski definition) is 2. The Morgan fingerprint density at radius 1 is 0.483 bits per heavy atom. The first-order valence-corrected chi connectivity index (χ1v) is 9.99. The third kappa shape index (κ3) is 3.62. The van der Waals surface area contributed by atoms with Crippen molar-refractivity contribution in [3.63, 3.8) is 0 Å². The van der Waals surface area contributed by atoms with E-state index in [1.54, 1.807) is 0 Å². The van der Waals surface area contributed by atoms with Crippen molar-refractivity contribution in [2.24, 2.45) is 0 Å². The van der Waals surface area contributed by atoms with Crippen molar-refractivity contribution in [1.82, 2.24) is 0 Å². The summed E-state index contributed by atoms with van der Waals surface area (Å²) in [4.78, 5) is 0. The number of aromatic hydroxyl groups is 1. The standard InChI is InChI=1S/C27H22O2/c28-25-23(17-20-12-6-2-7-13-20)22(16-19-10-4-1-5-11-19)24(26-27(25)29-26)18-21-14-8-3-9-15-21/h1-15,28H,16-18H2. The van der Waals surface area contributed by atoms with Crippen LogP contribution in [0.3, 0.4) is 0 Å². The molecule has 2 heteroatoms. The number of rotatable bonds is 6. The fourth-order valence-corrected chi connectivity index (χ4v) is 4.02. The summed E-state index contributed by atoms with van der Waals surface area (Å²) in [6.45, 7) is 0. The number of hydrogen-bond donors (Lipinski definition) is 1. The third-order valence-corrected chi connectivity index (χ3v) is 5.54. The molecule has 0 bridgehead atoms. The summed E-state index contributed by atoms with van der Waals surface area (Å²) in [5.74, 6) is 1.80. The molecule has 1 aliphatic rings. The minimum absolute atomic E-state index is 0.298. The quantitative estimate of drug-likeness (QED) is 0.353. The van der Waals surface area contributed by atoms with Gasteiger partial charge in [-0.25, -0.2) is 0 Å². The van der Waals surface area contributed by atoms with E-state index in [-0.39, 0.29) is 0 Å². The highest BCUT2D eigenvalue weighted by Crippen LogP contribution is 2.58. The summed E-state index contributed by atoms with van der Waals surface area (Å²) >= 11 is 0. The summed E-state index contributed by atoms with van der Waals surface area (Å²) in [6.07, 6.45) is 2.26. The highest BCUT2D eigenvalue weighted by molar-refractivity contribution is 5.73. The molecule has 29 heavy (non-hydrogen) atoms. The Hall–Kier alpha value is -3.52. The van der Waals surface area contributed by atoms with Crippen molar-refractivity contribution in [2.45, 2.75) is 19.3 Å². The van der Waals surface area contributed by atoms with Crippen molar-refractivity contribution in [3.05, 3.63) is 124 Å². The van der Waals surface area contributed by atoms with E-state index in [1.807, 2.05) is 30.3 Å². The lowest BCUT2D eigenvalue weighted by Gasteiger charge is -2.15. The molecule has 0 atom stereocenters. The zero-order valence-corrected chi connectivity index (χ0v) is 16.1. The van der Waals surface area contributed by atoms with Crippen molar-refractivity contribution in [1.29, 1.82) is 0 Å². The number of fused-ring (bicyclic) bond motifs is 1. The Bertz CT molecular complexity index is 1130. The van der Waals surface area contributed by atoms with Crippen molar-refractivity contribution >= 4 is 0 Å². The molecule has 0 unspecified atom stereocenters. The van der Waals surface area contributed by atoms with Crippen LogP contribution in [0.2, 0.25) is 0 Å². The zero-order valence-electron chi connectivity index (χ0n) is 16.1. The maximum atomic E-state index is 10.9. The van der Waals surface area contributed by atoms with Crippen LogP contribution in [0.25, 0.3) is 0 Å². The molecule has 0 aromatic heterocycles. The van der Waals surface area contributed by atoms with Gasteiger partial charge in [0.25, 0.3) is 0 Å². The van der Waals surface area contributed by atoms with E-state index in [0.29, 0.717) is 17.9 Å². The van der Waals surface area contributed by atoms with Gasteiger partial charge < -0.3 is 9.84 Å². The molecule has 0 saturated heterocycles. The van der Waals surface area contributed by atoms with Gasteiger partial charge in [0.1, 0.15) is 0 Å². The maximum absolute atomic E-state index is 10.9. The van der Waals surface area contributed by atoms with Gasteiger partial charge in [0.05, 0.1) is 0 Å². The first-order valence-electron chi connectivity index (χ1n) is 9.99. The molecule has 4 aromatic carbocycles. The first kappa shape index (κ1) is 17.6. The molecule has 142 valence electrons. The van der Waals surface area contributed by atoms with E-state index in [1.165, 1.54) is 27.8 Å². The highest BCUT2D eigenvalue weighted by Gasteiger charge is 2.35. The zero-order chi connectivity index (χ0) is 19.6. The van der Waals surface area contributed by atoms with Gasteiger partial charge in [-0.05, 0) is 28.7 Å². The van der Waals surface area contributed by atoms with Crippen LogP contribution in [0.1, 0.15) is 33.4 Å². The van der Waals surface area contributed by atoms with Gasteiger partial charge >= 0.3 is 0 Å². The summed E-state index contributed by atoms with van der Waals surface area (Å²) in [7, 11) is 0. The second kappa shape index (κ2) is 7.48. The van der Waals surface area contributed by atoms with E-state index in [2.05, 4.69) is 60.7 Å². The second-order valence-corrected chi connectivity index (χ2v) is 7.53. The molecular weight excluding hydrogens is 356 g/mol. The summed E-state index contributed by atoms with van der Waals surface area (Å²) in [5, 5.41) is 10.9. The lowest BCUT2D eigenvalue weighted by Crippen LogP contribution is -2.02. The second-order valence-electron chi connectivity index (χ2n) is 7.53. The van der Waals surface area contributed by atoms with Crippen LogP contribution in [-0.2, 0) is 19.3 Å². The molecule has 2 nitrogen and oxygen atoms in total. The van der Waals surface area contributed by atoms with Gasteiger partial charge in [-0.1, -0.05) is 91.0 Å². The molecule has 0 saturated carbocycles. The molecule has 1 N–H and O–H groups in total. The Morgan fingerprint density at radius 2 is 0.897 bits per heavy atom. The minimum Gasteiger partial charge on any atom is -0.504 e. The summed E-state index contributed by atoms with van der Waals surface area (Å²) in [6, 6.07) is 31.2. The molecule has 0 fully saturated rings. The normalized spacial score (nSPS) is 11.6. The van der Waals surface area contributed by atoms with Crippen LogP contribution in [0.4, 0.5) is 0 Å².